The molecular formula is C28H32N8O5. The van der Waals surface area contributed by atoms with Gasteiger partial charge in [0.1, 0.15) is 30.2 Å². The normalized spacial score (nSPS) is 15.8. The van der Waals surface area contributed by atoms with E-state index >= 15 is 0 Å². The van der Waals surface area contributed by atoms with Crippen LogP contribution < -0.4 is 21.1 Å². The number of ether oxygens (including phenoxy) is 2. The number of hydrogen-bond donors (Lipinski definition) is 3. The number of aryl methyl sites for hydroxylation is 2. The first-order chi connectivity index (χ1) is 19.7. The Morgan fingerprint density at radius 3 is 2.78 bits per heavy atom. The summed E-state index contributed by atoms with van der Waals surface area (Å²) in [6.45, 7) is 6.94. The van der Waals surface area contributed by atoms with E-state index in [0.717, 1.165) is 5.69 Å². The topological polar surface area (TPSA) is 168 Å². The lowest BCUT2D eigenvalue weighted by Crippen LogP contribution is -2.41. The molecule has 0 spiro atoms. The molecule has 41 heavy (non-hydrogen) atoms. The van der Waals surface area contributed by atoms with Crippen LogP contribution in [-0.2, 0) is 23.4 Å². The summed E-state index contributed by atoms with van der Waals surface area (Å²) in [6, 6.07) is 10.3. The van der Waals surface area contributed by atoms with Crippen LogP contribution in [0.2, 0.25) is 0 Å². The highest BCUT2D eigenvalue weighted by atomic mass is 16.5. The summed E-state index contributed by atoms with van der Waals surface area (Å²) in [4.78, 5) is 46.3. The van der Waals surface area contributed by atoms with E-state index < -0.39 is 17.5 Å². The van der Waals surface area contributed by atoms with Gasteiger partial charge in [0, 0.05) is 24.8 Å². The number of nitrogens with zero attached hydrogens (tertiary/aromatic N) is 5. The molecule has 0 aliphatic carbocycles. The van der Waals surface area contributed by atoms with E-state index in [0.29, 0.717) is 60.1 Å². The number of benzene rings is 1. The standard InChI is InChI=1S/C28H32N8O5/c1-4-35-21(12-17(2)34-35)25(38)33-26-32-20-13-18(24(29)37)14-22-23(20)36(26)28(3,16-41-22)9-7-11-31-27(39)40-15-19-8-5-6-10-30-19/h5-6,8,10,12-14H,4,7,9,11,15-16H2,1-3H3,(H2,29,37)(H,31,39)(H,32,33,38)/t28-/m0/s1. The fraction of sp³-hybridized carbons (Fsp3) is 0.357. The molecule has 0 saturated carbocycles. The number of anilines is 1. The third kappa shape index (κ3) is 5.69. The van der Waals surface area contributed by atoms with Gasteiger partial charge in [-0.05, 0) is 63.9 Å². The lowest BCUT2D eigenvalue weighted by Gasteiger charge is -2.37. The first-order valence-electron chi connectivity index (χ1n) is 13.3. The summed E-state index contributed by atoms with van der Waals surface area (Å²) < 4.78 is 14.9. The zero-order valence-corrected chi connectivity index (χ0v) is 23.1. The van der Waals surface area contributed by atoms with Crippen LogP contribution >= 0.6 is 0 Å². The molecule has 3 aromatic heterocycles. The summed E-state index contributed by atoms with van der Waals surface area (Å²) in [7, 11) is 0. The number of pyridine rings is 1. The van der Waals surface area contributed by atoms with Crippen LogP contribution in [0.15, 0.2) is 42.6 Å². The van der Waals surface area contributed by atoms with Crippen LogP contribution in [0.3, 0.4) is 0 Å². The number of alkyl carbamates (subject to hydrolysis) is 1. The average molecular weight is 561 g/mol. The number of primary amides is 1. The van der Waals surface area contributed by atoms with Crippen molar-refractivity contribution in [2.45, 2.75) is 52.3 Å². The van der Waals surface area contributed by atoms with E-state index in [9.17, 15) is 14.4 Å². The Bertz CT molecular complexity index is 1610. The van der Waals surface area contributed by atoms with Gasteiger partial charge in [-0.1, -0.05) is 6.07 Å². The Kier molecular flexibility index (Phi) is 7.60. The number of carbonyl (C=O) groups excluding carboxylic acids is 3. The fourth-order valence-corrected chi connectivity index (χ4v) is 4.99. The summed E-state index contributed by atoms with van der Waals surface area (Å²) in [5, 5.41) is 10.1. The summed E-state index contributed by atoms with van der Waals surface area (Å²) in [5.74, 6) is -0.208. The minimum Gasteiger partial charge on any atom is -0.489 e. The Morgan fingerprint density at radius 1 is 1.22 bits per heavy atom. The van der Waals surface area contributed by atoms with Crippen molar-refractivity contribution in [1.29, 1.82) is 0 Å². The molecule has 13 heteroatoms. The van der Waals surface area contributed by atoms with Crippen LogP contribution in [0.4, 0.5) is 10.7 Å². The van der Waals surface area contributed by atoms with E-state index in [1.165, 1.54) is 0 Å². The highest BCUT2D eigenvalue weighted by Crippen LogP contribution is 2.41. The van der Waals surface area contributed by atoms with Crippen molar-refractivity contribution in [1.82, 2.24) is 29.6 Å². The minimum atomic E-state index is -0.640. The number of nitrogens with one attached hydrogen (secondary N) is 2. The Balaban J connectivity index is 1.36. The van der Waals surface area contributed by atoms with Gasteiger partial charge in [0.25, 0.3) is 5.91 Å². The van der Waals surface area contributed by atoms with Crippen molar-refractivity contribution >= 4 is 34.9 Å². The van der Waals surface area contributed by atoms with Gasteiger partial charge in [-0.3, -0.25) is 29.1 Å². The monoisotopic (exact) mass is 560 g/mol. The maximum atomic E-state index is 13.3. The molecule has 1 atom stereocenters. The maximum Gasteiger partial charge on any atom is 0.407 e. The number of carbonyl (C=O) groups is 3. The first-order valence-corrected chi connectivity index (χ1v) is 13.3. The molecule has 214 valence electrons. The first kappa shape index (κ1) is 27.6. The van der Waals surface area contributed by atoms with Gasteiger partial charge in [0.15, 0.2) is 0 Å². The van der Waals surface area contributed by atoms with Gasteiger partial charge >= 0.3 is 6.09 Å². The third-order valence-corrected chi connectivity index (χ3v) is 6.98. The Hall–Kier alpha value is -4.94. The molecule has 0 saturated heterocycles. The van der Waals surface area contributed by atoms with Gasteiger partial charge in [-0.25, -0.2) is 9.78 Å². The van der Waals surface area contributed by atoms with Crippen LogP contribution in [-0.4, -0.2) is 55.4 Å². The van der Waals surface area contributed by atoms with E-state index in [4.69, 9.17) is 15.2 Å². The van der Waals surface area contributed by atoms with E-state index in [-0.39, 0.29) is 24.7 Å². The SMILES string of the molecule is CCn1nc(C)cc1C(=O)Nc1nc2cc(C(N)=O)cc3c2n1[C@@](C)(CCCNC(=O)OCc1ccccn1)CO3. The lowest BCUT2D eigenvalue weighted by atomic mass is 9.94. The van der Waals surface area contributed by atoms with Crippen LogP contribution in [0.1, 0.15) is 58.9 Å². The number of rotatable bonds is 10. The Labute approximate surface area is 236 Å². The zero-order chi connectivity index (χ0) is 29.1. The molecule has 3 amide bonds. The number of hydrogen-bond acceptors (Lipinski definition) is 8. The molecule has 5 rings (SSSR count). The van der Waals surface area contributed by atoms with Gasteiger partial charge in [0.05, 0.1) is 22.4 Å². The van der Waals surface area contributed by atoms with Crippen molar-refractivity contribution in [2.75, 3.05) is 18.5 Å². The van der Waals surface area contributed by atoms with Crippen molar-refractivity contribution in [3.05, 3.63) is 65.2 Å². The van der Waals surface area contributed by atoms with Crippen molar-refractivity contribution in [2.24, 2.45) is 5.73 Å². The Morgan fingerprint density at radius 2 is 2.05 bits per heavy atom. The molecule has 4 N–H and O–H groups in total. The molecule has 0 radical (unpaired) electrons. The molecule has 4 heterocycles. The number of nitrogens with two attached hydrogens (primary N) is 1. The third-order valence-electron chi connectivity index (χ3n) is 6.98. The second-order valence-electron chi connectivity index (χ2n) is 10.1. The second kappa shape index (κ2) is 11.3. The average Bonchev–Trinajstić information content (AvgIpc) is 3.53. The molecule has 0 unspecified atom stereocenters. The van der Waals surface area contributed by atoms with Crippen molar-refractivity contribution < 1.29 is 23.9 Å². The summed E-state index contributed by atoms with van der Waals surface area (Å²) in [6.07, 6.45) is 2.26. The highest BCUT2D eigenvalue weighted by Gasteiger charge is 2.37. The molecule has 1 aromatic carbocycles. The molecule has 0 fully saturated rings. The quantitative estimate of drug-likeness (QED) is 0.249. The lowest BCUT2D eigenvalue weighted by molar-refractivity contribution is 0.0995. The van der Waals surface area contributed by atoms with Gasteiger partial charge in [-0.15, -0.1) is 0 Å². The predicted molar refractivity (Wildman–Crippen MR) is 150 cm³/mol. The largest absolute Gasteiger partial charge is 0.489 e. The highest BCUT2D eigenvalue weighted by molar-refractivity contribution is 6.04. The van der Waals surface area contributed by atoms with Crippen LogP contribution in [0.5, 0.6) is 5.75 Å². The molecule has 1 aliphatic rings. The molecular weight excluding hydrogens is 528 g/mol. The van der Waals surface area contributed by atoms with Crippen molar-refractivity contribution in [3.8, 4) is 5.75 Å². The van der Waals surface area contributed by atoms with Gasteiger partial charge < -0.3 is 20.5 Å². The van der Waals surface area contributed by atoms with Crippen molar-refractivity contribution in [3.63, 3.8) is 0 Å². The van der Waals surface area contributed by atoms with Crippen LogP contribution in [0.25, 0.3) is 11.0 Å². The molecule has 0 bridgehead atoms. The number of aromatic nitrogens is 5. The maximum absolute atomic E-state index is 13.3. The number of imidazole rings is 1. The number of amides is 3. The molecule has 1 aliphatic heterocycles. The van der Waals surface area contributed by atoms with Gasteiger partial charge in [-0.2, -0.15) is 5.10 Å². The summed E-state index contributed by atoms with van der Waals surface area (Å²) in [5.41, 5.74) is 8.05. The zero-order valence-electron chi connectivity index (χ0n) is 23.1. The minimum absolute atomic E-state index is 0.0782. The smallest absolute Gasteiger partial charge is 0.407 e. The van der Waals surface area contributed by atoms with Crippen LogP contribution in [0, 0.1) is 6.92 Å². The van der Waals surface area contributed by atoms with E-state index in [1.54, 1.807) is 41.2 Å². The predicted octanol–water partition coefficient (Wildman–Crippen LogP) is 3.12. The second-order valence-corrected chi connectivity index (χ2v) is 10.1. The molecule has 13 nitrogen and oxygen atoms in total. The van der Waals surface area contributed by atoms with E-state index in [2.05, 4.69) is 25.7 Å². The van der Waals surface area contributed by atoms with E-state index in [1.807, 2.05) is 31.4 Å². The van der Waals surface area contributed by atoms with Gasteiger partial charge in [0.2, 0.25) is 11.9 Å². The molecule has 4 aromatic rings. The fourth-order valence-electron chi connectivity index (χ4n) is 4.99. The summed E-state index contributed by atoms with van der Waals surface area (Å²) >= 11 is 0.